The van der Waals surface area contributed by atoms with Gasteiger partial charge in [0.05, 0.1) is 6.10 Å². The van der Waals surface area contributed by atoms with Crippen LogP contribution in [0.5, 0.6) is 0 Å². The number of nitrogens with zero attached hydrogens (tertiary/aromatic N) is 3. The van der Waals surface area contributed by atoms with Crippen LogP contribution in [0.2, 0.25) is 0 Å². The number of hydrogen-bond donors (Lipinski definition) is 0. The monoisotopic (exact) mass is 609 g/mol. The maximum Gasteiger partial charge on any atom is 0.174 e. The zero-order valence-corrected chi connectivity index (χ0v) is 27.6. The summed E-state index contributed by atoms with van der Waals surface area (Å²) in [5.41, 5.74) is 4.89. The Morgan fingerprint density at radius 3 is 1.77 bits per heavy atom. The minimum atomic E-state index is 0.0121. The minimum Gasteiger partial charge on any atom is -0.380 e. The SMILES string of the molecule is CCC(C[n+]1ccc(/C=C/c2ccc(N(CC)CC)cc2)cc1)OCCC(C[n+]1ccc(C)cc1)OCCC(CCl)OC. The summed E-state index contributed by atoms with van der Waals surface area (Å²) in [7, 11) is 1.70. The van der Waals surface area contributed by atoms with Gasteiger partial charge in [0.25, 0.3) is 0 Å². The first-order chi connectivity index (χ1) is 21.0. The second-order valence-electron chi connectivity index (χ2n) is 11.0. The van der Waals surface area contributed by atoms with E-state index < -0.39 is 0 Å². The summed E-state index contributed by atoms with van der Waals surface area (Å²) < 4.78 is 22.4. The van der Waals surface area contributed by atoms with Crippen molar-refractivity contribution < 1.29 is 23.3 Å². The Labute approximate surface area is 264 Å². The third kappa shape index (κ3) is 12.4. The molecule has 0 bridgehead atoms. The Hall–Kier alpha value is -2.77. The molecule has 0 saturated carbocycles. The van der Waals surface area contributed by atoms with Crippen LogP contribution in [0.15, 0.2) is 73.3 Å². The predicted octanol–water partition coefficient (Wildman–Crippen LogP) is 6.50. The highest BCUT2D eigenvalue weighted by Gasteiger charge is 2.19. The van der Waals surface area contributed by atoms with Gasteiger partial charge < -0.3 is 19.1 Å². The van der Waals surface area contributed by atoms with E-state index in [4.69, 9.17) is 25.8 Å². The quantitative estimate of drug-likeness (QED) is 0.108. The molecule has 2 aromatic heterocycles. The molecule has 3 aromatic rings. The number of aromatic nitrogens is 2. The largest absolute Gasteiger partial charge is 0.380 e. The second-order valence-corrected chi connectivity index (χ2v) is 11.3. The molecule has 3 atom stereocenters. The maximum absolute atomic E-state index is 6.36. The van der Waals surface area contributed by atoms with E-state index >= 15 is 0 Å². The standard InChI is InChI=1S/C36H52ClN3O3/c1-6-34(42-26-20-36(43-25-19-35(27-37)41-5)29-38-21-15-30(4)16-22-38)28-39-23-17-32(18-24-39)10-9-31-11-13-33(14-12-31)40(7-2)8-3/h9-18,21-24,34-36H,6-8,19-20,25-29H2,1-5H3/q+2. The van der Waals surface area contributed by atoms with E-state index in [-0.39, 0.29) is 18.3 Å². The Morgan fingerprint density at radius 2 is 1.23 bits per heavy atom. The van der Waals surface area contributed by atoms with E-state index in [9.17, 15) is 0 Å². The van der Waals surface area contributed by atoms with Gasteiger partial charge in [-0.2, -0.15) is 0 Å². The lowest BCUT2D eigenvalue weighted by molar-refractivity contribution is -0.705. The fourth-order valence-corrected chi connectivity index (χ4v) is 5.20. The Kier molecular flexibility index (Phi) is 15.7. The van der Waals surface area contributed by atoms with E-state index in [1.807, 2.05) is 0 Å². The summed E-state index contributed by atoms with van der Waals surface area (Å²) in [6.07, 6.45) is 15.6. The van der Waals surface area contributed by atoms with Crippen LogP contribution >= 0.6 is 11.6 Å². The molecule has 43 heavy (non-hydrogen) atoms. The van der Waals surface area contributed by atoms with Crippen molar-refractivity contribution in [2.75, 3.05) is 44.2 Å². The average Bonchev–Trinajstić information content (AvgIpc) is 3.04. The molecule has 0 aliphatic carbocycles. The Bertz CT molecular complexity index is 1180. The summed E-state index contributed by atoms with van der Waals surface area (Å²) in [5.74, 6) is 0.471. The summed E-state index contributed by atoms with van der Waals surface area (Å²) >= 11 is 5.99. The third-order valence-electron chi connectivity index (χ3n) is 7.84. The highest BCUT2D eigenvalue weighted by atomic mass is 35.5. The zero-order valence-electron chi connectivity index (χ0n) is 26.8. The number of pyridine rings is 2. The molecule has 7 heteroatoms. The zero-order chi connectivity index (χ0) is 30.9. The van der Waals surface area contributed by atoms with E-state index in [1.165, 1.54) is 22.4 Å². The number of aryl methyl sites for hydroxylation is 1. The van der Waals surface area contributed by atoms with Gasteiger partial charge in [0.2, 0.25) is 0 Å². The molecule has 3 rings (SSSR count). The van der Waals surface area contributed by atoms with Gasteiger partial charge in [0.1, 0.15) is 12.2 Å². The van der Waals surface area contributed by atoms with Crippen molar-refractivity contribution in [1.82, 2.24) is 0 Å². The van der Waals surface area contributed by atoms with Crippen molar-refractivity contribution in [2.24, 2.45) is 0 Å². The average molecular weight is 610 g/mol. The van der Waals surface area contributed by atoms with Crippen LogP contribution in [0.25, 0.3) is 12.2 Å². The van der Waals surface area contributed by atoms with Crippen LogP contribution in [0.3, 0.4) is 0 Å². The first-order valence-electron chi connectivity index (χ1n) is 15.8. The molecule has 234 valence electrons. The number of alkyl halides is 1. The van der Waals surface area contributed by atoms with Crippen LogP contribution in [0.1, 0.15) is 56.7 Å². The van der Waals surface area contributed by atoms with Gasteiger partial charge in [0.15, 0.2) is 37.9 Å². The number of benzene rings is 1. The second kappa shape index (κ2) is 19.5. The summed E-state index contributed by atoms with van der Waals surface area (Å²) in [5, 5.41) is 0. The van der Waals surface area contributed by atoms with Crippen molar-refractivity contribution in [1.29, 1.82) is 0 Å². The highest BCUT2D eigenvalue weighted by Crippen LogP contribution is 2.16. The van der Waals surface area contributed by atoms with E-state index in [1.54, 1.807) is 7.11 Å². The van der Waals surface area contributed by atoms with Gasteiger partial charge in [-0.05, 0) is 62.4 Å². The molecule has 0 aliphatic heterocycles. The summed E-state index contributed by atoms with van der Waals surface area (Å²) in [6, 6.07) is 17.3. The van der Waals surface area contributed by atoms with Crippen molar-refractivity contribution >= 4 is 29.4 Å². The molecule has 3 unspecified atom stereocenters. The van der Waals surface area contributed by atoms with Crippen LogP contribution in [0, 0.1) is 6.92 Å². The van der Waals surface area contributed by atoms with Gasteiger partial charge in [0, 0.05) is 75.7 Å². The maximum atomic E-state index is 6.36. The molecule has 0 saturated heterocycles. The number of methoxy groups -OCH3 is 1. The molecule has 0 N–H and O–H groups in total. The van der Waals surface area contributed by atoms with Gasteiger partial charge in [-0.25, -0.2) is 9.13 Å². The van der Waals surface area contributed by atoms with E-state index in [0.717, 1.165) is 45.4 Å². The van der Waals surface area contributed by atoms with Crippen molar-refractivity contribution in [3.8, 4) is 0 Å². The van der Waals surface area contributed by atoms with Crippen LogP contribution in [-0.2, 0) is 27.3 Å². The molecule has 2 heterocycles. The van der Waals surface area contributed by atoms with Gasteiger partial charge in [-0.15, -0.1) is 11.6 Å². The van der Waals surface area contributed by atoms with Crippen LogP contribution in [0.4, 0.5) is 5.69 Å². The lowest BCUT2D eigenvalue weighted by Crippen LogP contribution is -2.42. The number of halogens is 1. The van der Waals surface area contributed by atoms with Crippen molar-refractivity contribution in [3.05, 3.63) is 90.0 Å². The topological polar surface area (TPSA) is 38.7 Å². The van der Waals surface area contributed by atoms with Gasteiger partial charge in [-0.1, -0.05) is 31.2 Å². The lowest BCUT2D eigenvalue weighted by atomic mass is 10.1. The minimum absolute atomic E-state index is 0.0121. The highest BCUT2D eigenvalue weighted by molar-refractivity contribution is 6.18. The third-order valence-corrected chi connectivity index (χ3v) is 8.19. The molecule has 0 amide bonds. The number of ether oxygens (including phenoxy) is 3. The van der Waals surface area contributed by atoms with Crippen molar-refractivity contribution in [3.63, 3.8) is 0 Å². The molecule has 0 spiro atoms. The van der Waals surface area contributed by atoms with Gasteiger partial charge >= 0.3 is 0 Å². The molecule has 0 radical (unpaired) electrons. The number of rotatable bonds is 20. The molecule has 0 aliphatic rings. The molecule has 6 nitrogen and oxygen atoms in total. The Balaban J connectivity index is 1.50. The lowest BCUT2D eigenvalue weighted by Gasteiger charge is -2.20. The summed E-state index contributed by atoms with van der Waals surface area (Å²) in [4.78, 5) is 2.36. The molecule has 0 fully saturated rings. The fourth-order valence-electron chi connectivity index (χ4n) is 4.92. The summed E-state index contributed by atoms with van der Waals surface area (Å²) in [6.45, 7) is 13.6. The van der Waals surface area contributed by atoms with Crippen molar-refractivity contribution in [2.45, 2.75) is 78.4 Å². The van der Waals surface area contributed by atoms with Crippen LogP contribution in [-0.4, -0.2) is 57.6 Å². The molecular weight excluding hydrogens is 558 g/mol. The van der Waals surface area contributed by atoms with Crippen LogP contribution < -0.4 is 14.0 Å². The normalized spacial score (nSPS) is 13.7. The smallest absolute Gasteiger partial charge is 0.174 e. The van der Waals surface area contributed by atoms with Gasteiger partial charge in [-0.3, -0.25) is 0 Å². The molecule has 1 aromatic carbocycles. The first kappa shape index (κ1) is 34.7. The first-order valence-corrected chi connectivity index (χ1v) is 16.3. The van der Waals surface area contributed by atoms with E-state index in [2.05, 4.69) is 127 Å². The molecular formula is C36H52ClN3O3+2. The number of anilines is 1. The predicted molar refractivity (Wildman–Crippen MR) is 177 cm³/mol. The van der Waals surface area contributed by atoms with E-state index in [0.29, 0.717) is 19.1 Å². The Morgan fingerprint density at radius 1 is 0.721 bits per heavy atom. The fraction of sp³-hybridized carbons (Fsp3) is 0.500. The number of hydrogen-bond acceptors (Lipinski definition) is 4.